The number of alkyl halides is 2. The Morgan fingerprint density at radius 2 is 2.00 bits per heavy atom. The molecule has 0 fully saturated rings. The third-order valence-electron chi connectivity index (χ3n) is 2.34. The van der Waals surface area contributed by atoms with Gasteiger partial charge in [0.2, 0.25) is 5.92 Å². The van der Waals surface area contributed by atoms with Crippen LogP contribution in [0.15, 0.2) is 0 Å². The number of hydrogen-bond donors (Lipinski definition) is 0. The Morgan fingerprint density at radius 1 is 1.39 bits per heavy atom. The smallest absolute Gasteiger partial charge is 0.319 e. The van der Waals surface area contributed by atoms with E-state index in [-0.39, 0.29) is 23.6 Å². The topological polar surface area (TPSA) is 26.3 Å². The van der Waals surface area contributed by atoms with Gasteiger partial charge in [-0.3, -0.25) is 4.79 Å². The van der Waals surface area contributed by atoms with Crippen molar-refractivity contribution in [3.63, 3.8) is 0 Å². The van der Waals surface area contributed by atoms with E-state index in [1.165, 1.54) is 11.8 Å². The Hall–Kier alpha value is -0.320. The van der Waals surface area contributed by atoms with E-state index in [9.17, 15) is 13.6 Å². The summed E-state index contributed by atoms with van der Waals surface area (Å²) in [5.74, 6) is -2.12. The SMILES string of the molecule is CCCOC(=O)C(SCCCC(C)(F)F)C(C)C. The number of rotatable bonds is 9. The second kappa shape index (κ2) is 8.73. The molecule has 0 spiro atoms. The fourth-order valence-corrected chi connectivity index (χ4v) is 2.56. The molecule has 1 atom stereocenters. The van der Waals surface area contributed by atoms with E-state index < -0.39 is 5.92 Å². The quantitative estimate of drug-likeness (QED) is 0.470. The zero-order valence-electron chi connectivity index (χ0n) is 11.7. The van der Waals surface area contributed by atoms with E-state index >= 15 is 0 Å². The van der Waals surface area contributed by atoms with E-state index in [4.69, 9.17) is 4.74 Å². The molecule has 1 unspecified atom stereocenters. The first-order chi connectivity index (χ1) is 8.28. The van der Waals surface area contributed by atoms with Gasteiger partial charge in [0, 0.05) is 6.42 Å². The number of esters is 1. The van der Waals surface area contributed by atoms with Gasteiger partial charge in [0.15, 0.2) is 0 Å². The molecular weight excluding hydrogens is 258 g/mol. The molecule has 0 aliphatic heterocycles. The van der Waals surface area contributed by atoms with Crippen LogP contribution in [0.3, 0.4) is 0 Å². The maximum absolute atomic E-state index is 12.6. The molecule has 0 aromatic rings. The predicted octanol–water partition coefficient (Wildman–Crippen LogP) is 4.13. The van der Waals surface area contributed by atoms with E-state index in [0.29, 0.717) is 18.8 Å². The van der Waals surface area contributed by atoms with Gasteiger partial charge >= 0.3 is 5.97 Å². The van der Waals surface area contributed by atoms with E-state index in [2.05, 4.69) is 0 Å². The third-order valence-corrected chi connectivity index (χ3v) is 3.96. The van der Waals surface area contributed by atoms with Crippen LogP contribution in [-0.4, -0.2) is 29.5 Å². The fourth-order valence-electron chi connectivity index (χ4n) is 1.41. The van der Waals surface area contributed by atoms with Gasteiger partial charge in [-0.05, 0) is 31.4 Å². The first-order valence-corrected chi connectivity index (χ1v) is 7.49. The highest BCUT2D eigenvalue weighted by atomic mass is 32.2. The van der Waals surface area contributed by atoms with Gasteiger partial charge in [-0.2, -0.15) is 0 Å². The number of halogens is 2. The lowest BCUT2D eigenvalue weighted by Gasteiger charge is -2.19. The van der Waals surface area contributed by atoms with Gasteiger partial charge in [-0.15, -0.1) is 11.8 Å². The third kappa shape index (κ3) is 8.72. The van der Waals surface area contributed by atoms with Gasteiger partial charge < -0.3 is 4.74 Å². The number of ether oxygens (including phenoxy) is 1. The predicted molar refractivity (Wildman–Crippen MR) is 72.2 cm³/mol. The van der Waals surface area contributed by atoms with Crippen LogP contribution in [0.4, 0.5) is 8.78 Å². The van der Waals surface area contributed by atoms with Crippen LogP contribution in [0.1, 0.15) is 47.0 Å². The monoisotopic (exact) mass is 282 g/mol. The van der Waals surface area contributed by atoms with E-state index in [0.717, 1.165) is 13.3 Å². The average Bonchev–Trinajstić information content (AvgIpc) is 2.23. The van der Waals surface area contributed by atoms with Crippen molar-refractivity contribution in [2.24, 2.45) is 5.92 Å². The summed E-state index contributed by atoms with van der Waals surface area (Å²) in [6, 6.07) is 0. The Bertz CT molecular complexity index is 240. The molecule has 2 nitrogen and oxygen atoms in total. The van der Waals surface area contributed by atoms with Crippen molar-refractivity contribution in [2.45, 2.75) is 58.1 Å². The molecule has 0 aromatic carbocycles. The van der Waals surface area contributed by atoms with Gasteiger partial charge in [0.1, 0.15) is 5.25 Å². The van der Waals surface area contributed by atoms with Crippen LogP contribution in [0.2, 0.25) is 0 Å². The molecule has 0 amide bonds. The zero-order chi connectivity index (χ0) is 14.2. The van der Waals surface area contributed by atoms with Crippen molar-refractivity contribution >= 4 is 17.7 Å². The zero-order valence-corrected chi connectivity index (χ0v) is 12.5. The number of carbonyl (C=O) groups is 1. The summed E-state index contributed by atoms with van der Waals surface area (Å²) in [6.07, 6.45) is 1.08. The standard InChI is InChI=1S/C13H24F2O2S/c1-5-8-17-12(16)11(10(2)3)18-9-6-7-13(4,14)15/h10-11H,5-9H2,1-4H3. The van der Waals surface area contributed by atoms with Crippen molar-refractivity contribution in [1.82, 2.24) is 0 Å². The maximum atomic E-state index is 12.6. The summed E-state index contributed by atoms with van der Waals surface area (Å²) in [6.45, 7) is 7.18. The average molecular weight is 282 g/mol. The molecule has 0 aliphatic carbocycles. The van der Waals surface area contributed by atoms with Gasteiger partial charge in [-0.25, -0.2) is 8.78 Å². The summed E-state index contributed by atoms with van der Waals surface area (Å²) in [5, 5.41) is -0.248. The first-order valence-electron chi connectivity index (χ1n) is 6.44. The lowest BCUT2D eigenvalue weighted by atomic mass is 10.1. The Balaban J connectivity index is 4.01. The highest BCUT2D eigenvalue weighted by Crippen LogP contribution is 2.25. The summed E-state index contributed by atoms with van der Waals surface area (Å²) in [7, 11) is 0. The minimum absolute atomic E-state index is 0.130. The molecule has 0 bridgehead atoms. The first kappa shape index (κ1) is 17.7. The Kier molecular flexibility index (Phi) is 8.57. The summed E-state index contributed by atoms with van der Waals surface area (Å²) in [5.41, 5.74) is 0. The van der Waals surface area contributed by atoms with Crippen molar-refractivity contribution in [1.29, 1.82) is 0 Å². The normalized spacial score (nSPS) is 13.7. The van der Waals surface area contributed by atoms with Gasteiger partial charge in [-0.1, -0.05) is 20.8 Å². The van der Waals surface area contributed by atoms with E-state index in [1.807, 2.05) is 20.8 Å². The number of thioether (sulfide) groups is 1. The molecule has 0 radical (unpaired) electrons. The van der Waals surface area contributed by atoms with Crippen LogP contribution < -0.4 is 0 Å². The van der Waals surface area contributed by atoms with Crippen LogP contribution in [0.5, 0.6) is 0 Å². The Morgan fingerprint density at radius 3 is 2.44 bits per heavy atom. The molecule has 0 aromatic heterocycles. The summed E-state index contributed by atoms with van der Waals surface area (Å²) < 4.78 is 30.4. The number of carbonyl (C=O) groups excluding carboxylic acids is 1. The highest BCUT2D eigenvalue weighted by molar-refractivity contribution is 8.00. The molecule has 108 valence electrons. The van der Waals surface area contributed by atoms with Crippen molar-refractivity contribution < 1.29 is 18.3 Å². The summed E-state index contributed by atoms with van der Waals surface area (Å²) in [4.78, 5) is 11.7. The minimum Gasteiger partial charge on any atom is -0.465 e. The second-order valence-corrected chi connectivity index (χ2v) is 6.13. The summed E-state index contributed by atoms with van der Waals surface area (Å²) >= 11 is 1.42. The van der Waals surface area contributed by atoms with Gasteiger partial charge in [0.05, 0.1) is 6.61 Å². The molecule has 5 heteroatoms. The van der Waals surface area contributed by atoms with Crippen LogP contribution in [0, 0.1) is 5.92 Å². The van der Waals surface area contributed by atoms with Gasteiger partial charge in [0.25, 0.3) is 0 Å². The molecule has 0 saturated heterocycles. The largest absolute Gasteiger partial charge is 0.465 e. The van der Waals surface area contributed by atoms with Crippen LogP contribution in [0.25, 0.3) is 0 Å². The number of hydrogen-bond acceptors (Lipinski definition) is 3. The molecular formula is C13H24F2O2S. The van der Waals surface area contributed by atoms with Crippen molar-refractivity contribution in [2.75, 3.05) is 12.4 Å². The minimum atomic E-state index is -2.61. The van der Waals surface area contributed by atoms with Crippen molar-refractivity contribution in [3.8, 4) is 0 Å². The highest BCUT2D eigenvalue weighted by Gasteiger charge is 2.25. The molecule has 0 aliphatic rings. The molecule has 0 rings (SSSR count). The van der Waals surface area contributed by atoms with E-state index in [1.54, 1.807) is 0 Å². The molecule has 0 N–H and O–H groups in total. The Labute approximate surface area is 113 Å². The molecule has 0 heterocycles. The van der Waals surface area contributed by atoms with Crippen molar-refractivity contribution in [3.05, 3.63) is 0 Å². The lowest BCUT2D eigenvalue weighted by Crippen LogP contribution is -2.26. The molecule has 18 heavy (non-hydrogen) atoms. The van der Waals surface area contributed by atoms with Crippen LogP contribution in [-0.2, 0) is 9.53 Å². The lowest BCUT2D eigenvalue weighted by molar-refractivity contribution is -0.143. The second-order valence-electron chi connectivity index (χ2n) is 4.88. The fraction of sp³-hybridized carbons (Fsp3) is 0.923. The molecule has 0 saturated carbocycles. The maximum Gasteiger partial charge on any atom is 0.319 e. The van der Waals surface area contributed by atoms with Crippen LogP contribution >= 0.6 is 11.8 Å².